The van der Waals surface area contributed by atoms with Gasteiger partial charge in [-0.05, 0) is 29.8 Å². The van der Waals surface area contributed by atoms with Crippen molar-refractivity contribution in [1.29, 1.82) is 0 Å². The molecule has 0 aliphatic carbocycles. The van der Waals surface area contributed by atoms with Crippen LogP contribution in [0, 0.1) is 0 Å². The Morgan fingerprint density at radius 3 is 2.67 bits per heavy atom. The molecule has 0 saturated carbocycles. The van der Waals surface area contributed by atoms with Crippen LogP contribution in [0.2, 0.25) is 10.3 Å². The van der Waals surface area contributed by atoms with Crippen LogP contribution in [-0.2, 0) is 0 Å². The Morgan fingerprint density at radius 1 is 1.22 bits per heavy atom. The van der Waals surface area contributed by atoms with Crippen LogP contribution in [0.3, 0.4) is 0 Å². The summed E-state index contributed by atoms with van der Waals surface area (Å²) in [4.78, 5) is 11.4. The van der Waals surface area contributed by atoms with Crippen molar-refractivity contribution in [3.05, 3.63) is 28.5 Å². The van der Waals surface area contributed by atoms with E-state index in [9.17, 15) is 0 Å². The Morgan fingerprint density at radius 2 is 2.00 bits per heavy atom. The summed E-state index contributed by atoms with van der Waals surface area (Å²) in [5.74, 6) is 0.834. The maximum Gasteiger partial charge on any atom is 0.233 e. The molecule has 6 nitrogen and oxygen atoms in total. The van der Waals surface area contributed by atoms with E-state index in [-0.39, 0.29) is 17.2 Å². The first-order chi connectivity index (χ1) is 8.58. The van der Waals surface area contributed by atoms with Crippen LogP contribution in [0.5, 0.6) is 5.75 Å². The second-order valence-electron chi connectivity index (χ2n) is 3.26. The zero-order valence-corrected chi connectivity index (χ0v) is 10.8. The average molecular weight is 286 g/mol. The molecular formula is C10H9Cl2N5O. The van der Waals surface area contributed by atoms with E-state index in [4.69, 9.17) is 33.7 Å². The predicted octanol–water partition coefficient (Wildman–Crippen LogP) is 2.51. The number of ether oxygens (including phenoxy) is 1. The van der Waals surface area contributed by atoms with Crippen LogP contribution in [0.25, 0.3) is 0 Å². The molecule has 0 saturated heterocycles. The minimum Gasteiger partial charge on any atom is -0.495 e. The van der Waals surface area contributed by atoms with Gasteiger partial charge in [0, 0.05) is 5.02 Å². The number of aromatic nitrogens is 3. The lowest BCUT2D eigenvalue weighted by atomic mass is 10.3. The zero-order chi connectivity index (χ0) is 13.1. The van der Waals surface area contributed by atoms with Gasteiger partial charge in [-0.2, -0.15) is 15.0 Å². The number of nitrogens with two attached hydrogens (primary N) is 1. The van der Waals surface area contributed by atoms with Gasteiger partial charge in [-0.1, -0.05) is 11.6 Å². The van der Waals surface area contributed by atoms with Gasteiger partial charge in [0.05, 0.1) is 12.8 Å². The molecule has 2 aromatic rings. The van der Waals surface area contributed by atoms with Crippen molar-refractivity contribution in [3.63, 3.8) is 0 Å². The van der Waals surface area contributed by atoms with Crippen LogP contribution in [-0.4, -0.2) is 22.1 Å². The molecule has 0 bridgehead atoms. The highest BCUT2D eigenvalue weighted by Crippen LogP contribution is 2.29. The summed E-state index contributed by atoms with van der Waals surface area (Å²) in [6.45, 7) is 0. The molecule has 0 amide bonds. The number of methoxy groups -OCH3 is 1. The maximum atomic E-state index is 5.90. The Labute approximate surface area is 113 Å². The summed E-state index contributed by atoms with van der Waals surface area (Å²) in [7, 11) is 1.54. The SMILES string of the molecule is COc1ccc(Cl)cc1Nc1nc(N)nc(Cl)n1. The smallest absolute Gasteiger partial charge is 0.233 e. The van der Waals surface area contributed by atoms with Crippen LogP contribution in [0.4, 0.5) is 17.6 Å². The first-order valence-electron chi connectivity index (χ1n) is 4.86. The third kappa shape index (κ3) is 2.91. The number of benzene rings is 1. The van der Waals surface area contributed by atoms with Crippen molar-refractivity contribution < 1.29 is 4.74 Å². The van der Waals surface area contributed by atoms with Crippen molar-refractivity contribution in [2.45, 2.75) is 0 Å². The Hall–Kier alpha value is -1.79. The molecular weight excluding hydrogens is 277 g/mol. The van der Waals surface area contributed by atoms with Gasteiger partial charge < -0.3 is 15.8 Å². The van der Waals surface area contributed by atoms with E-state index in [1.165, 1.54) is 0 Å². The summed E-state index contributed by atoms with van der Waals surface area (Å²) in [5.41, 5.74) is 6.07. The van der Waals surface area contributed by atoms with Crippen LogP contribution < -0.4 is 15.8 Å². The number of halogens is 2. The molecule has 1 heterocycles. The largest absolute Gasteiger partial charge is 0.495 e. The van der Waals surface area contributed by atoms with E-state index in [0.29, 0.717) is 16.5 Å². The highest BCUT2D eigenvalue weighted by atomic mass is 35.5. The highest BCUT2D eigenvalue weighted by molar-refractivity contribution is 6.31. The van der Waals surface area contributed by atoms with Crippen molar-refractivity contribution in [1.82, 2.24) is 15.0 Å². The summed E-state index contributed by atoms with van der Waals surface area (Å²) in [6.07, 6.45) is 0. The van der Waals surface area contributed by atoms with Gasteiger partial charge >= 0.3 is 0 Å². The number of rotatable bonds is 3. The van der Waals surface area contributed by atoms with E-state index in [1.54, 1.807) is 25.3 Å². The lowest BCUT2D eigenvalue weighted by Crippen LogP contribution is -2.04. The number of anilines is 3. The number of hydrogen-bond acceptors (Lipinski definition) is 6. The Kier molecular flexibility index (Phi) is 3.69. The van der Waals surface area contributed by atoms with E-state index in [0.717, 1.165) is 0 Å². The summed E-state index contributed by atoms with van der Waals surface area (Å²) >= 11 is 11.6. The predicted molar refractivity (Wildman–Crippen MR) is 70.5 cm³/mol. The Balaban J connectivity index is 2.35. The van der Waals surface area contributed by atoms with Crippen LogP contribution in [0.15, 0.2) is 18.2 Å². The molecule has 3 N–H and O–H groups in total. The quantitative estimate of drug-likeness (QED) is 0.901. The summed E-state index contributed by atoms with van der Waals surface area (Å²) in [6, 6.07) is 5.10. The Bertz CT molecular complexity index is 558. The summed E-state index contributed by atoms with van der Waals surface area (Å²) in [5, 5.41) is 3.46. The standard InChI is InChI=1S/C10H9Cl2N5O/c1-18-7-3-2-5(11)4-6(7)14-10-16-8(12)15-9(13)17-10/h2-4H,1H3,(H3,13,14,15,16,17). The lowest BCUT2D eigenvalue weighted by Gasteiger charge is -2.10. The molecule has 1 aromatic heterocycles. The zero-order valence-electron chi connectivity index (χ0n) is 9.32. The fourth-order valence-corrected chi connectivity index (χ4v) is 1.66. The molecule has 1 aromatic carbocycles. The molecule has 18 heavy (non-hydrogen) atoms. The van der Waals surface area contributed by atoms with Gasteiger partial charge in [0.2, 0.25) is 17.2 Å². The second-order valence-corrected chi connectivity index (χ2v) is 4.03. The molecule has 0 atom stereocenters. The topological polar surface area (TPSA) is 86.0 Å². The fourth-order valence-electron chi connectivity index (χ4n) is 1.32. The fraction of sp³-hybridized carbons (Fsp3) is 0.100. The minimum absolute atomic E-state index is 0.00555. The number of nitrogens with zero attached hydrogens (tertiary/aromatic N) is 3. The third-order valence-corrected chi connectivity index (χ3v) is 2.44. The molecule has 0 aliphatic rings. The van der Waals surface area contributed by atoms with Gasteiger partial charge in [0.1, 0.15) is 5.75 Å². The van der Waals surface area contributed by atoms with Crippen molar-refractivity contribution >= 4 is 40.8 Å². The monoisotopic (exact) mass is 285 g/mol. The van der Waals surface area contributed by atoms with Crippen molar-refractivity contribution in [2.24, 2.45) is 0 Å². The van der Waals surface area contributed by atoms with E-state index < -0.39 is 0 Å². The molecule has 0 fully saturated rings. The van der Waals surface area contributed by atoms with E-state index in [2.05, 4.69) is 20.3 Å². The molecule has 0 unspecified atom stereocenters. The van der Waals surface area contributed by atoms with Gasteiger partial charge in [-0.3, -0.25) is 0 Å². The van der Waals surface area contributed by atoms with E-state index >= 15 is 0 Å². The maximum absolute atomic E-state index is 5.90. The number of nitrogen functional groups attached to an aromatic ring is 1. The first kappa shape index (κ1) is 12.7. The molecule has 0 radical (unpaired) electrons. The van der Waals surface area contributed by atoms with E-state index in [1.807, 2.05) is 0 Å². The van der Waals surface area contributed by atoms with Crippen molar-refractivity contribution in [2.75, 3.05) is 18.2 Å². The highest BCUT2D eigenvalue weighted by Gasteiger charge is 2.07. The number of hydrogen-bond donors (Lipinski definition) is 2. The average Bonchev–Trinajstić information content (AvgIpc) is 2.27. The summed E-state index contributed by atoms with van der Waals surface area (Å²) < 4.78 is 5.18. The molecule has 8 heteroatoms. The lowest BCUT2D eigenvalue weighted by molar-refractivity contribution is 0.417. The first-order valence-corrected chi connectivity index (χ1v) is 5.61. The van der Waals surface area contributed by atoms with Crippen LogP contribution >= 0.6 is 23.2 Å². The van der Waals surface area contributed by atoms with Gasteiger partial charge in [0.15, 0.2) is 0 Å². The molecule has 0 aliphatic heterocycles. The second kappa shape index (κ2) is 5.24. The normalized spacial score (nSPS) is 10.2. The minimum atomic E-state index is 0.00555. The third-order valence-electron chi connectivity index (χ3n) is 2.03. The molecule has 94 valence electrons. The number of nitrogens with one attached hydrogen (secondary N) is 1. The van der Waals surface area contributed by atoms with Crippen LogP contribution in [0.1, 0.15) is 0 Å². The van der Waals surface area contributed by atoms with Gasteiger partial charge in [-0.25, -0.2) is 0 Å². The molecule has 2 rings (SSSR count). The van der Waals surface area contributed by atoms with Crippen molar-refractivity contribution in [3.8, 4) is 5.75 Å². The van der Waals surface area contributed by atoms with Gasteiger partial charge in [-0.15, -0.1) is 0 Å². The molecule has 0 spiro atoms. The van der Waals surface area contributed by atoms with Gasteiger partial charge in [0.25, 0.3) is 0 Å².